The van der Waals surface area contributed by atoms with Crippen molar-refractivity contribution in [3.8, 4) is 47.4 Å². The molecule has 15 heteroatoms. The van der Waals surface area contributed by atoms with Gasteiger partial charge < -0.3 is 28.7 Å². The summed E-state index contributed by atoms with van der Waals surface area (Å²) in [7, 11) is 0. The fourth-order valence-electron chi connectivity index (χ4n) is 4.38. The number of primary amides is 5. The van der Waals surface area contributed by atoms with Gasteiger partial charge in [-0.05, 0) is 76.8 Å². The number of nitrogens with two attached hydrogens (primary N) is 5. The Labute approximate surface area is 316 Å². The van der Waals surface area contributed by atoms with Gasteiger partial charge >= 0.3 is 24.1 Å². The Bertz CT molecular complexity index is 1780. The van der Waals surface area contributed by atoms with Crippen molar-refractivity contribution in [1.82, 2.24) is 15.2 Å². The maximum Gasteiger partial charge on any atom is 0.339 e. The van der Waals surface area contributed by atoms with Crippen LogP contribution in [0.5, 0.6) is 0 Å². The summed E-state index contributed by atoms with van der Waals surface area (Å²) in [6.07, 6.45) is 8.19. The zero-order valence-electron chi connectivity index (χ0n) is 30.7. The summed E-state index contributed by atoms with van der Waals surface area (Å²) < 4.78 is 0. The Morgan fingerprint density at radius 3 is 1.30 bits per heavy atom. The first-order valence-corrected chi connectivity index (χ1v) is 17.1. The topological polar surface area (TPSA) is 269 Å². The summed E-state index contributed by atoms with van der Waals surface area (Å²) in [5.41, 5.74) is 25.7. The van der Waals surface area contributed by atoms with E-state index in [4.69, 9.17) is 32.4 Å². The van der Waals surface area contributed by atoms with Gasteiger partial charge in [0.2, 0.25) is 0 Å². The Balaban J connectivity index is 0.000000405. The average molecular weight is 743 g/mol. The highest BCUT2D eigenvalue weighted by Gasteiger charge is 2.17. The predicted octanol–water partition coefficient (Wildman–Crippen LogP) is 3.91. The van der Waals surface area contributed by atoms with Gasteiger partial charge in [-0.1, -0.05) is 90.9 Å². The molecule has 0 aliphatic heterocycles. The second-order valence-electron chi connectivity index (χ2n) is 12.1. The van der Waals surface area contributed by atoms with Crippen molar-refractivity contribution in [2.24, 2.45) is 40.5 Å². The van der Waals surface area contributed by atoms with E-state index in [0.717, 1.165) is 42.4 Å². The van der Waals surface area contributed by atoms with Gasteiger partial charge in [0.25, 0.3) is 0 Å². The maximum atomic E-state index is 10.8. The monoisotopic (exact) mass is 742 g/mol. The second kappa shape index (κ2) is 24.8. The molecule has 2 aliphatic rings. The fourth-order valence-corrected chi connectivity index (χ4v) is 4.38. The van der Waals surface area contributed by atoms with Gasteiger partial charge in [0.05, 0.1) is 0 Å². The lowest BCUT2D eigenvalue weighted by Crippen LogP contribution is -2.38. The van der Waals surface area contributed by atoms with Crippen LogP contribution in [-0.4, -0.2) is 73.1 Å². The van der Waals surface area contributed by atoms with Crippen molar-refractivity contribution in [3.05, 3.63) is 71.3 Å². The molecule has 0 heterocycles. The molecular weight excluding hydrogens is 692 g/mol. The molecule has 0 spiro atoms. The van der Waals surface area contributed by atoms with E-state index in [1.807, 2.05) is 54.6 Å². The van der Waals surface area contributed by atoms with E-state index in [1.54, 1.807) is 20.8 Å². The van der Waals surface area contributed by atoms with Crippen molar-refractivity contribution in [2.75, 3.05) is 0 Å². The Morgan fingerprint density at radius 1 is 0.556 bits per heavy atom. The summed E-state index contributed by atoms with van der Waals surface area (Å²) in [6.45, 7) is 4.86. The van der Waals surface area contributed by atoms with Gasteiger partial charge in [-0.15, -0.1) is 0 Å². The first kappa shape index (κ1) is 45.7. The third kappa shape index (κ3) is 19.3. The van der Waals surface area contributed by atoms with E-state index in [1.165, 1.54) is 19.3 Å². The standard InChI is InChI=1S/C19H16N2O2.C10H16N2O2.C9H14N2O2.CH4N2O/c1-15(21(23)19(20)22)10-11-17-8-5-9-18(14-17)13-12-16-6-3-2-4-7-16;1-8(12(14)10(11)13)6-7-9-4-2-3-5-9;1-7(11(13)9(10)12)5-6-8-3-2-4-8;2-1(3)4/h2-9,14-15,23H,1H3,(H2,20,22);8-9,14H,2-5H2,1H3,(H2,11,13);7-8,13H,2-4H2,1H3,(H2,10,12);(H4,2,3,4). The minimum atomic E-state index is -0.936. The molecule has 2 fully saturated rings. The third-order valence-electron chi connectivity index (χ3n) is 7.64. The third-order valence-corrected chi connectivity index (χ3v) is 7.64. The number of carbonyl (C=O) groups is 4. The van der Waals surface area contributed by atoms with Crippen LogP contribution in [0.2, 0.25) is 0 Å². The largest absolute Gasteiger partial charge is 0.352 e. The Hall–Kier alpha value is -6.36. The van der Waals surface area contributed by atoms with Crippen LogP contribution in [0.15, 0.2) is 54.6 Å². The van der Waals surface area contributed by atoms with E-state index >= 15 is 0 Å². The number of hydroxylamine groups is 6. The molecule has 0 radical (unpaired) electrons. The quantitative estimate of drug-likeness (QED) is 0.130. The number of nitrogens with zero attached hydrogens (tertiary/aromatic N) is 3. The molecule has 3 unspecified atom stereocenters. The van der Waals surface area contributed by atoms with Crippen LogP contribution < -0.4 is 28.7 Å². The number of amides is 8. The molecule has 2 aromatic carbocycles. The summed E-state index contributed by atoms with van der Waals surface area (Å²) in [5, 5.41) is 28.9. The lowest BCUT2D eigenvalue weighted by molar-refractivity contribution is -0.0537. The number of hydrogen-bond acceptors (Lipinski definition) is 7. The van der Waals surface area contributed by atoms with Crippen molar-refractivity contribution >= 4 is 24.1 Å². The van der Waals surface area contributed by atoms with Crippen LogP contribution in [0, 0.1) is 59.2 Å². The Morgan fingerprint density at radius 2 is 0.907 bits per heavy atom. The summed E-state index contributed by atoms with van der Waals surface area (Å²) in [5.74, 6) is 24.4. The average Bonchev–Trinajstić information content (AvgIpc) is 3.65. The molecule has 13 N–H and O–H groups in total. The molecule has 3 atom stereocenters. The van der Waals surface area contributed by atoms with Gasteiger partial charge in [-0.3, -0.25) is 15.6 Å². The zero-order chi connectivity index (χ0) is 40.6. The van der Waals surface area contributed by atoms with Gasteiger partial charge in [-0.25, -0.2) is 19.2 Å². The molecule has 288 valence electrons. The minimum absolute atomic E-state index is 0.395. The van der Waals surface area contributed by atoms with E-state index in [2.05, 4.69) is 58.8 Å². The lowest BCUT2D eigenvalue weighted by Gasteiger charge is -2.20. The fraction of sp³-hybridized carbons (Fsp3) is 0.385. The van der Waals surface area contributed by atoms with Crippen LogP contribution in [0.25, 0.3) is 0 Å². The molecule has 0 saturated heterocycles. The molecule has 54 heavy (non-hydrogen) atoms. The van der Waals surface area contributed by atoms with Crippen molar-refractivity contribution in [1.29, 1.82) is 0 Å². The molecule has 2 saturated carbocycles. The molecule has 4 rings (SSSR count). The van der Waals surface area contributed by atoms with E-state index in [-0.39, 0.29) is 0 Å². The Kier molecular flexibility index (Phi) is 20.9. The molecule has 2 aromatic rings. The van der Waals surface area contributed by atoms with Crippen LogP contribution in [-0.2, 0) is 0 Å². The van der Waals surface area contributed by atoms with Gasteiger partial charge in [0, 0.05) is 28.5 Å². The van der Waals surface area contributed by atoms with E-state index < -0.39 is 42.2 Å². The predicted molar refractivity (Wildman–Crippen MR) is 202 cm³/mol. The van der Waals surface area contributed by atoms with Crippen LogP contribution in [0.1, 0.15) is 82.4 Å². The highest BCUT2D eigenvalue weighted by molar-refractivity contribution is 5.72. The summed E-state index contributed by atoms with van der Waals surface area (Å²) in [6, 6.07) is 11.9. The zero-order valence-corrected chi connectivity index (χ0v) is 30.7. The molecule has 0 bridgehead atoms. The van der Waals surface area contributed by atoms with Crippen molar-refractivity contribution < 1.29 is 34.8 Å². The molecule has 15 nitrogen and oxygen atoms in total. The van der Waals surface area contributed by atoms with E-state index in [0.29, 0.717) is 27.0 Å². The van der Waals surface area contributed by atoms with Crippen LogP contribution >= 0.6 is 0 Å². The van der Waals surface area contributed by atoms with Gasteiger partial charge in [-0.2, -0.15) is 15.2 Å². The second-order valence-corrected chi connectivity index (χ2v) is 12.1. The number of rotatable bonds is 3. The van der Waals surface area contributed by atoms with Crippen LogP contribution in [0.3, 0.4) is 0 Å². The summed E-state index contributed by atoms with van der Waals surface area (Å²) >= 11 is 0. The molecule has 2 aliphatic carbocycles. The van der Waals surface area contributed by atoms with Gasteiger partial charge in [0.15, 0.2) is 0 Å². The number of hydrogen-bond donors (Lipinski definition) is 8. The normalized spacial score (nSPS) is 14.0. The minimum Gasteiger partial charge on any atom is -0.352 e. The highest BCUT2D eigenvalue weighted by atomic mass is 16.5. The number of carbonyl (C=O) groups excluding carboxylic acids is 4. The van der Waals surface area contributed by atoms with Crippen molar-refractivity contribution in [2.45, 2.75) is 83.8 Å². The molecule has 8 amide bonds. The first-order chi connectivity index (χ1) is 25.5. The lowest BCUT2D eigenvalue weighted by atomic mass is 9.86. The van der Waals surface area contributed by atoms with Crippen LogP contribution in [0.4, 0.5) is 19.2 Å². The van der Waals surface area contributed by atoms with Crippen molar-refractivity contribution in [3.63, 3.8) is 0 Å². The number of urea groups is 4. The number of benzene rings is 2. The maximum absolute atomic E-state index is 10.8. The van der Waals surface area contributed by atoms with Gasteiger partial charge in [0.1, 0.15) is 18.1 Å². The first-order valence-electron chi connectivity index (χ1n) is 17.1. The SMILES string of the molecule is CC(C#CC1CCC1)N(O)C(N)=O.CC(C#CC1CCCC1)N(O)C(N)=O.CC(C#Cc1cccc(C#Cc2ccccc2)c1)N(O)C(N)=O.NC(N)=O. The summed E-state index contributed by atoms with van der Waals surface area (Å²) in [4.78, 5) is 40.9. The molecular formula is C39H50N8O7. The smallest absolute Gasteiger partial charge is 0.339 e. The van der Waals surface area contributed by atoms with E-state index in [9.17, 15) is 19.6 Å². The molecule has 0 aromatic heterocycles. The highest BCUT2D eigenvalue weighted by Crippen LogP contribution is 2.25.